The molecule has 2 aliphatic carbocycles. The molecule has 0 radical (unpaired) electrons. The second kappa shape index (κ2) is 23.3. The van der Waals surface area contributed by atoms with Crippen molar-refractivity contribution in [3.63, 3.8) is 0 Å². The molecule has 0 fully saturated rings. The molecule has 0 atom stereocenters. The van der Waals surface area contributed by atoms with Crippen LogP contribution in [0, 0.1) is 0 Å². The first-order chi connectivity index (χ1) is 45.6. The van der Waals surface area contributed by atoms with Gasteiger partial charge in [-0.2, -0.15) is 0 Å². The number of rotatable bonds is 12. The van der Waals surface area contributed by atoms with Gasteiger partial charge in [0, 0.05) is 0 Å². The maximum absolute atomic E-state index is 2.52. The lowest BCUT2D eigenvalue weighted by Gasteiger charge is -2.23. The minimum absolute atomic E-state index is 0.764. The molecule has 2 aliphatic rings. The van der Waals surface area contributed by atoms with E-state index in [1.165, 1.54) is 178 Å². The molecule has 0 N–H and O–H groups in total. The molecule has 0 nitrogen and oxygen atoms in total. The van der Waals surface area contributed by atoms with Crippen LogP contribution < -0.4 is 0 Å². The lowest BCUT2D eigenvalue weighted by molar-refractivity contribution is 1.24. The Morgan fingerprint density at radius 1 is 0.130 bits per heavy atom. The van der Waals surface area contributed by atoms with Gasteiger partial charge in [-0.05, 0) is 264 Å². The summed E-state index contributed by atoms with van der Waals surface area (Å²) in [4.78, 5) is 0. The Morgan fingerprint density at radius 3 is 0.522 bits per heavy atom. The largest absolute Gasteiger partial charge is 0.0622 e. The lowest BCUT2D eigenvalue weighted by Crippen LogP contribution is -2.00. The minimum atomic E-state index is 0.764. The van der Waals surface area contributed by atoms with E-state index in [1.54, 1.807) is 0 Å². The van der Waals surface area contributed by atoms with E-state index in [1.807, 2.05) is 0 Å². The summed E-state index contributed by atoms with van der Waals surface area (Å²) in [5.41, 5.74) is 39.7. The van der Waals surface area contributed by atoms with Crippen molar-refractivity contribution < 1.29 is 0 Å². The molecule has 0 saturated carbocycles. The molecular weight excluding hydrogens is 1110 g/mol. The fourth-order valence-electron chi connectivity index (χ4n) is 14.7. The van der Waals surface area contributed by atoms with Crippen LogP contribution in [0.1, 0.15) is 22.3 Å². The molecule has 0 saturated heterocycles. The Labute approximate surface area is 539 Å². The van der Waals surface area contributed by atoms with Crippen LogP contribution in [-0.2, 0) is 12.8 Å². The van der Waals surface area contributed by atoms with Crippen molar-refractivity contribution in [2.45, 2.75) is 12.8 Å². The fourth-order valence-corrected chi connectivity index (χ4v) is 14.7. The zero-order chi connectivity index (χ0) is 60.9. The smallest absolute Gasteiger partial charge is 0.000661 e. The maximum atomic E-state index is 2.52. The van der Waals surface area contributed by atoms with Gasteiger partial charge in [-0.1, -0.05) is 279 Å². The highest BCUT2D eigenvalue weighted by Crippen LogP contribution is 2.58. The summed E-state index contributed by atoms with van der Waals surface area (Å²) >= 11 is 0. The van der Waals surface area contributed by atoms with Gasteiger partial charge in [0.25, 0.3) is 0 Å². The van der Waals surface area contributed by atoms with E-state index in [2.05, 4.69) is 352 Å². The summed E-state index contributed by atoms with van der Waals surface area (Å²) in [7, 11) is 0. The molecule has 92 heavy (non-hydrogen) atoms. The van der Waals surface area contributed by atoms with E-state index >= 15 is 0 Å². The molecule has 430 valence electrons. The van der Waals surface area contributed by atoms with E-state index < -0.39 is 0 Å². The molecule has 0 heteroatoms. The average Bonchev–Trinajstić information content (AvgIpc) is 1.52. The topological polar surface area (TPSA) is 0 Å². The van der Waals surface area contributed by atoms with Crippen LogP contribution in [0.2, 0.25) is 0 Å². The minimum Gasteiger partial charge on any atom is -0.0622 e. The van der Waals surface area contributed by atoms with Crippen molar-refractivity contribution in [3.05, 3.63) is 374 Å². The summed E-state index contributed by atoms with van der Waals surface area (Å²) in [5.74, 6) is 0. The Bertz CT molecular complexity index is 4680. The van der Waals surface area contributed by atoms with Crippen LogP contribution in [0.25, 0.3) is 156 Å². The molecule has 0 spiro atoms. The van der Waals surface area contributed by atoms with Crippen molar-refractivity contribution in [2.75, 3.05) is 0 Å². The van der Waals surface area contributed by atoms with Crippen molar-refractivity contribution >= 4 is 0 Å². The molecule has 0 aliphatic heterocycles. The SMILES string of the molecule is c1ccc(-c2cc(-c3ccccc3)cc(-c3ccc4c(c3)Cc3c(-c5cc(-c6ccccc6)cc(-c6ccccc6)c5)c5c(c(-c6cc(-c7ccccc7)cc(-c7ccccc7)c6)c3-4)Cc3cc(-c4cc(-c6ccccc6)cc(-c6ccccc6)c4)ccc3-5)c2)cc1. The lowest BCUT2D eigenvalue weighted by atomic mass is 9.79. The molecule has 0 heterocycles. The molecule has 0 bridgehead atoms. The molecule has 0 amide bonds. The zero-order valence-corrected chi connectivity index (χ0v) is 50.9. The van der Waals surface area contributed by atoms with Crippen LogP contribution >= 0.6 is 0 Å². The molecular formula is C92H62. The molecule has 0 unspecified atom stereocenters. The Balaban J connectivity index is 0.943. The Morgan fingerprint density at radius 2 is 0.315 bits per heavy atom. The highest BCUT2D eigenvalue weighted by atomic mass is 14.4. The Kier molecular flexibility index (Phi) is 13.8. The van der Waals surface area contributed by atoms with Crippen LogP contribution in [-0.4, -0.2) is 0 Å². The summed E-state index contributed by atoms with van der Waals surface area (Å²) in [6, 6.07) is 131. The van der Waals surface area contributed by atoms with Gasteiger partial charge in [-0.25, -0.2) is 0 Å². The fraction of sp³-hybridized carbons (Fsp3) is 0.0217. The Hall–Kier alpha value is -11.7. The predicted molar refractivity (Wildman–Crippen MR) is 388 cm³/mol. The standard InChI is InChI=1S/C92H62/c1-9-25-61(26-10-1)71-47-72(62-27-11-2-12-28-62)52-79(51-71)69-41-43-85-81(45-69)59-87-89(83-55-75(65-33-17-5-18-34-65)49-76(56-83)66-35-19-6-20-36-66)92-86-44-42-70(80-53-73(63-29-13-3-14-30-63)48-74(54-80)64-31-15-4-16-32-64)46-82(86)60-88(92)90(91(85)87)84-57-77(67-37-21-7-22-38-67)50-78(58-84)68-39-23-8-24-40-68/h1-58H,59-60H2. The van der Waals surface area contributed by atoms with Crippen LogP contribution in [0.5, 0.6) is 0 Å². The monoisotopic (exact) mass is 1170 g/mol. The summed E-state index contributed by atoms with van der Waals surface area (Å²) in [5, 5.41) is 0. The highest BCUT2D eigenvalue weighted by molar-refractivity contribution is 6.08. The van der Waals surface area contributed by atoms with Gasteiger partial charge in [-0.3, -0.25) is 0 Å². The third-order valence-corrected chi connectivity index (χ3v) is 19.0. The molecule has 17 rings (SSSR count). The first-order valence-electron chi connectivity index (χ1n) is 32.1. The van der Waals surface area contributed by atoms with Crippen molar-refractivity contribution in [1.29, 1.82) is 0 Å². The summed E-state index contributed by atoms with van der Waals surface area (Å²) in [6.07, 6.45) is 1.53. The zero-order valence-electron chi connectivity index (χ0n) is 50.9. The van der Waals surface area contributed by atoms with Crippen molar-refractivity contribution in [1.82, 2.24) is 0 Å². The maximum Gasteiger partial charge on any atom is -0.000661 e. The van der Waals surface area contributed by atoms with Gasteiger partial charge in [0.15, 0.2) is 0 Å². The van der Waals surface area contributed by atoms with Crippen LogP contribution in [0.4, 0.5) is 0 Å². The summed E-state index contributed by atoms with van der Waals surface area (Å²) in [6.45, 7) is 0. The first kappa shape index (κ1) is 54.5. The van der Waals surface area contributed by atoms with E-state index in [0.29, 0.717) is 0 Å². The quantitative estimate of drug-likeness (QED) is 0.114. The van der Waals surface area contributed by atoms with Gasteiger partial charge in [0.2, 0.25) is 0 Å². The van der Waals surface area contributed by atoms with Crippen molar-refractivity contribution in [3.8, 4) is 156 Å². The van der Waals surface area contributed by atoms with E-state index in [4.69, 9.17) is 0 Å². The third-order valence-electron chi connectivity index (χ3n) is 19.0. The molecule has 15 aromatic rings. The first-order valence-corrected chi connectivity index (χ1v) is 32.1. The third kappa shape index (κ3) is 10.2. The van der Waals surface area contributed by atoms with Gasteiger partial charge in [-0.15, -0.1) is 0 Å². The predicted octanol–water partition coefficient (Wildman–Crippen LogP) is 24.8. The normalized spacial score (nSPS) is 11.8. The average molecular weight is 1170 g/mol. The number of hydrogen-bond donors (Lipinski definition) is 0. The molecule has 15 aromatic carbocycles. The second-order valence-corrected chi connectivity index (χ2v) is 24.7. The van der Waals surface area contributed by atoms with Crippen molar-refractivity contribution in [2.24, 2.45) is 0 Å². The van der Waals surface area contributed by atoms with Gasteiger partial charge < -0.3 is 0 Å². The second-order valence-electron chi connectivity index (χ2n) is 24.7. The summed E-state index contributed by atoms with van der Waals surface area (Å²) < 4.78 is 0. The van der Waals surface area contributed by atoms with E-state index in [9.17, 15) is 0 Å². The molecule has 0 aromatic heterocycles. The highest BCUT2D eigenvalue weighted by Gasteiger charge is 2.36. The van der Waals surface area contributed by atoms with Crippen LogP contribution in [0.3, 0.4) is 0 Å². The van der Waals surface area contributed by atoms with Gasteiger partial charge >= 0.3 is 0 Å². The van der Waals surface area contributed by atoms with Crippen LogP contribution in [0.15, 0.2) is 352 Å². The number of fused-ring (bicyclic) bond motifs is 6. The van der Waals surface area contributed by atoms with Gasteiger partial charge in [0.1, 0.15) is 0 Å². The van der Waals surface area contributed by atoms with E-state index in [-0.39, 0.29) is 0 Å². The van der Waals surface area contributed by atoms with E-state index in [0.717, 1.165) is 12.8 Å². The number of benzene rings is 15. The van der Waals surface area contributed by atoms with Gasteiger partial charge in [0.05, 0.1) is 0 Å². The number of hydrogen-bond acceptors (Lipinski definition) is 0.